The van der Waals surface area contributed by atoms with Crippen LogP contribution in [0.3, 0.4) is 0 Å². The Morgan fingerprint density at radius 1 is 1.26 bits per heavy atom. The zero-order chi connectivity index (χ0) is 16.1. The van der Waals surface area contributed by atoms with Crippen LogP contribution in [0.1, 0.15) is 22.9 Å². The lowest BCUT2D eigenvalue weighted by atomic mass is 10.2. The summed E-state index contributed by atoms with van der Waals surface area (Å²) in [6, 6.07) is 10.3. The van der Waals surface area contributed by atoms with E-state index in [2.05, 4.69) is 39.2 Å². The summed E-state index contributed by atoms with van der Waals surface area (Å²) in [5.41, 5.74) is 2.48. The van der Waals surface area contributed by atoms with E-state index in [4.69, 9.17) is 4.74 Å². The van der Waals surface area contributed by atoms with Crippen molar-refractivity contribution in [2.24, 2.45) is 0 Å². The molecule has 1 aromatic carbocycles. The third kappa shape index (κ3) is 3.95. The smallest absolute Gasteiger partial charge is 0.191 e. The van der Waals surface area contributed by atoms with Gasteiger partial charge in [0.1, 0.15) is 12.1 Å². The molecule has 2 aromatic heterocycles. The molecular weight excluding hydrogens is 326 g/mol. The molecule has 0 fully saturated rings. The van der Waals surface area contributed by atoms with Crippen LogP contribution in [0.5, 0.6) is 5.75 Å². The number of rotatable bonds is 7. The minimum atomic E-state index is 0.665. The monoisotopic (exact) mass is 345 g/mol. The number of thiophene rings is 1. The molecule has 0 aliphatic heterocycles. The third-order valence-corrected chi connectivity index (χ3v) is 5.71. The second-order valence-electron chi connectivity index (χ2n) is 5.10. The number of thioether (sulfide) groups is 1. The van der Waals surface area contributed by atoms with Crippen molar-refractivity contribution in [1.82, 2.24) is 14.8 Å². The van der Waals surface area contributed by atoms with Crippen molar-refractivity contribution in [3.8, 4) is 5.75 Å². The van der Waals surface area contributed by atoms with E-state index in [0.717, 1.165) is 28.8 Å². The second kappa shape index (κ2) is 7.66. The normalized spacial score (nSPS) is 10.9. The summed E-state index contributed by atoms with van der Waals surface area (Å²) in [5.74, 6) is 1.85. The van der Waals surface area contributed by atoms with Crippen LogP contribution in [0.15, 0.2) is 47.2 Å². The number of aryl methyl sites for hydroxylation is 1. The first kappa shape index (κ1) is 16.1. The lowest BCUT2D eigenvalue weighted by Gasteiger charge is -2.11. The van der Waals surface area contributed by atoms with Crippen LogP contribution >= 0.6 is 23.1 Å². The fourth-order valence-electron chi connectivity index (χ4n) is 2.26. The molecule has 0 bridgehead atoms. The van der Waals surface area contributed by atoms with Crippen molar-refractivity contribution in [2.75, 3.05) is 6.61 Å². The maximum Gasteiger partial charge on any atom is 0.191 e. The average Bonchev–Trinajstić information content (AvgIpc) is 3.16. The summed E-state index contributed by atoms with van der Waals surface area (Å²) in [5, 5.41) is 11.4. The Morgan fingerprint density at radius 3 is 2.91 bits per heavy atom. The van der Waals surface area contributed by atoms with Gasteiger partial charge < -0.3 is 9.30 Å². The molecule has 3 aromatic rings. The first-order chi connectivity index (χ1) is 11.3. The molecule has 0 atom stereocenters. The zero-order valence-electron chi connectivity index (χ0n) is 13.2. The van der Waals surface area contributed by atoms with Gasteiger partial charge >= 0.3 is 0 Å². The van der Waals surface area contributed by atoms with Crippen LogP contribution in [0.25, 0.3) is 0 Å². The maximum atomic E-state index is 5.70. The van der Waals surface area contributed by atoms with Gasteiger partial charge in [0, 0.05) is 16.2 Å². The van der Waals surface area contributed by atoms with Gasteiger partial charge in [-0.1, -0.05) is 30.0 Å². The van der Waals surface area contributed by atoms with Gasteiger partial charge in [-0.25, -0.2) is 0 Å². The average molecular weight is 345 g/mol. The highest BCUT2D eigenvalue weighted by atomic mass is 32.2. The summed E-state index contributed by atoms with van der Waals surface area (Å²) in [6.45, 7) is 5.53. The van der Waals surface area contributed by atoms with E-state index >= 15 is 0 Å². The Balaban J connectivity index is 1.72. The molecule has 0 saturated heterocycles. The van der Waals surface area contributed by atoms with Crippen LogP contribution in [-0.2, 0) is 12.3 Å². The highest BCUT2D eigenvalue weighted by molar-refractivity contribution is 7.98. The molecule has 0 saturated carbocycles. The van der Waals surface area contributed by atoms with Crippen LogP contribution in [0, 0.1) is 6.92 Å². The van der Waals surface area contributed by atoms with Crippen LogP contribution in [0.2, 0.25) is 0 Å². The number of benzene rings is 1. The zero-order valence-corrected chi connectivity index (χ0v) is 14.9. The summed E-state index contributed by atoms with van der Waals surface area (Å²) in [4.78, 5) is 1.39. The van der Waals surface area contributed by atoms with E-state index in [1.165, 1.54) is 10.4 Å². The number of ether oxygens (including phenoxy) is 1. The lowest BCUT2D eigenvalue weighted by Crippen LogP contribution is -2.03. The molecule has 0 N–H and O–H groups in total. The molecule has 2 heterocycles. The van der Waals surface area contributed by atoms with Gasteiger partial charge in [-0.3, -0.25) is 0 Å². The largest absolute Gasteiger partial charge is 0.494 e. The van der Waals surface area contributed by atoms with Gasteiger partial charge in [0.25, 0.3) is 0 Å². The summed E-state index contributed by atoms with van der Waals surface area (Å²) >= 11 is 3.52. The third-order valence-electron chi connectivity index (χ3n) is 3.49. The summed E-state index contributed by atoms with van der Waals surface area (Å²) in [7, 11) is 0. The highest BCUT2D eigenvalue weighted by Gasteiger charge is 2.10. The Hall–Kier alpha value is -1.79. The van der Waals surface area contributed by atoms with E-state index in [1.54, 1.807) is 29.4 Å². The molecule has 0 spiro atoms. The van der Waals surface area contributed by atoms with E-state index < -0.39 is 0 Å². The molecule has 3 rings (SSSR count). The SMILES string of the molecule is CCOc1ccccc1Cn1cnnc1SCc1sccc1C. The van der Waals surface area contributed by atoms with Crippen molar-refractivity contribution in [1.29, 1.82) is 0 Å². The number of nitrogens with zero attached hydrogens (tertiary/aromatic N) is 3. The van der Waals surface area contributed by atoms with Gasteiger partial charge in [0.15, 0.2) is 5.16 Å². The maximum absolute atomic E-state index is 5.70. The van der Waals surface area contributed by atoms with E-state index in [-0.39, 0.29) is 0 Å². The lowest BCUT2D eigenvalue weighted by molar-refractivity contribution is 0.335. The minimum absolute atomic E-state index is 0.665. The van der Waals surface area contributed by atoms with Gasteiger partial charge in [0.2, 0.25) is 0 Å². The van der Waals surface area contributed by atoms with E-state index in [0.29, 0.717) is 6.61 Å². The Labute approximate surface area is 144 Å². The number of para-hydroxylation sites is 1. The Morgan fingerprint density at radius 2 is 2.13 bits per heavy atom. The summed E-state index contributed by atoms with van der Waals surface area (Å²) < 4.78 is 7.78. The highest BCUT2D eigenvalue weighted by Crippen LogP contribution is 2.27. The number of aromatic nitrogens is 3. The van der Waals surface area contributed by atoms with Gasteiger partial charge in [0.05, 0.1) is 13.2 Å². The molecule has 0 unspecified atom stereocenters. The van der Waals surface area contributed by atoms with Crippen molar-refractivity contribution in [2.45, 2.75) is 31.3 Å². The van der Waals surface area contributed by atoms with Crippen LogP contribution in [0.4, 0.5) is 0 Å². The van der Waals surface area contributed by atoms with E-state index in [9.17, 15) is 0 Å². The minimum Gasteiger partial charge on any atom is -0.494 e. The molecule has 0 radical (unpaired) electrons. The Bertz CT molecular complexity index is 767. The molecule has 0 aliphatic carbocycles. The molecule has 4 nitrogen and oxygen atoms in total. The van der Waals surface area contributed by atoms with Gasteiger partial charge in [-0.15, -0.1) is 21.5 Å². The second-order valence-corrected chi connectivity index (χ2v) is 7.04. The number of hydrogen-bond acceptors (Lipinski definition) is 5. The van der Waals surface area contributed by atoms with Crippen molar-refractivity contribution < 1.29 is 4.74 Å². The van der Waals surface area contributed by atoms with Gasteiger partial charge in [-0.2, -0.15) is 0 Å². The molecule has 0 aliphatic rings. The standard InChI is InChI=1S/C17H19N3OS2/c1-3-21-15-7-5-4-6-14(15)10-20-12-18-19-17(20)23-11-16-13(2)8-9-22-16/h4-9,12H,3,10-11H2,1-2H3. The van der Waals surface area contributed by atoms with Crippen molar-refractivity contribution in [3.05, 3.63) is 58.0 Å². The fourth-order valence-corrected chi connectivity index (χ4v) is 4.27. The first-order valence-electron chi connectivity index (χ1n) is 7.52. The molecule has 6 heteroatoms. The number of hydrogen-bond donors (Lipinski definition) is 0. The van der Waals surface area contributed by atoms with Gasteiger partial charge in [-0.05, 0) is 36.9 Å². The Kier molecular flexibility index (Phi) is 5.35. The van der Waals surface area contributed by atoms with Crippen LogP contribution < -0.4 is 4.74 Å². The topological polar surface area (TPSA) is 39.9 Å². The summed E-state index contributed by atoms with van der Waals surface area (Å²) in [6.07, 6.45) is 1.78. The quantitative estimate of drug-likeness (QED) is 0.596. The first-order valence-corrected chi connectivity index (χ1v) is 9.38. The molecule has 0 amide bonds. The van der Waals surface area contributed by atoms with E-state index in [1.807, 2.05) is 25.1 Å². The van der Waals surface area contributed by atoms with Crippen molar-refractivity contribution >= 4 is 23.1 Å². The van der Waals surface area contributed by atoms with Crippen LogP contribution in [-0.4, -0.2) is 21.4 Å². The van der Waals surface area contributed by atoms with Crippen molar-refractivity contribution in [3.63, 3.8) is 0 Å². The molecule has 23 heavy (non-hydrogen) atoms. The molecule has 120 valence electrons. The molecular formula is C17H19N3OS2. The predicted octanol–water partition coefficient (Wildman–Crippen LogP) is 4.39. The fraction of sp³-hybridized carbons (Fsp3) is 0.294. The predicted molar refractivity (Wildman–Crippen MR) is 95.4 cm³/mol.